The van der Waals surface area contributed by atoms with Crippen molar-refractivity contribution in [2.45, 2.75) is 20.0 Å². The zero-order valence-corrected chi connectivity index (χ0v) is 17.0. The average Bonchev–Trinajstić information content (AvgIpc) is 2.77. The number of hydrogen-bond donors (Lipinski definition) is 1. The van der Waals surface area contributed by atoms with Crippen LogP contribution >= 0.6 is 0 Å². The number of esters is 1. The molecule has 1 amide bonds. The highest BCUT2D eigenvalue weighted by atomic mass is 16.5. The van der Waals surface area contributed by atoms with Crippen molar-refractivity contribution >= 4 is 29.1 Å². The van der Waals surface area contributed by atoms with E-state index in [4.69, 9.17) is 4.74 Å². The van der Waals surface area contributed by atoms with E-state index in [0.29, 0.717) is 27.9 Å². The minimum absolute atomic E-state index is 0.228. The van der Waals surface area contributed by atoms with Crippen LogP contribution in [0.4, 0.5) is 5.69 Å². The van der Waals surface area contributed by atoms with Gasteiger partial charge in [-0.05, 0) is 44.2 Å². The second kappa shape index (κ2) is 7.99. The van der Waals surface area contributed by atoms with E-state index in [1.807, 2.05) is 13.0 Å². The lowest BCUT2D eigenvalue weighted by Crippen LogP contribution is -2.30. The number of ketones is 2. The second-order valence-electron chi connectivity index (χ2n) is 7.37. The lowest BCUT2D eigenvalue weighted by molar-refractivity contribution is -0.123. The Kier molecular flexibility index (Phi) is 5.21. The molecule has 0 aliphatic heterocycles. The monoisotopic (exact) mass is 413 g/mol. The molecule has 1 atom stereocenters. The molecule has 1 aliphatic carbocycles. The Morgan fingerprint density at radius 2 is 1.45 bits per heavy atom. The van der Waals surface area contributed by atoms with Crippen LogP contribution in [0.15, 0.2) is 66.7 Å². The predicted molar refractivity (Wildman–Crippen MR) is 114 cm³/mol. The largest absolute Gasteiger partial charge is 0.449 e. The third-order valence-corrected chi connectivity index (χ3v) is 5.10. The SMILES string of the molecule is Cc1cccc(C(=O)OC(C)C(=O)Nc2ccc3c(c2)C(=O)c2ccccc2C3=O)c1. The van der Waals surface area contributed by atoms with E-state index in [-0.39, 0.29) is 17.1 Å². The molecule has 6 heteroatoms. The maximum Gasteiger partial charge on any atom is 0.338 e. The topological polar surface area (TPSA) is 89.5 Å². The molecule has 3 aromatic carbocycles. The first-order chi connectivity index (χ1) is 14.8. The van der Waals surface area contributed by atoms with Crippen LogP contribution in [0.3, 0.4) is 0 Å². The molecule has 1 unspecified atom stereocenters. The van der Waals surface area contributed by atoms with Crippen LogP contribution in [0, 0.1) is 6.92 Å². The highest BCUT2D eigenvalue weighted by Gasteiger charge is 2.29. The van der Waals surface area contributed by atoms with Crippen LogP contribution in [0.5, 0.6) is 0 Å². The Morgan fingerprint density at radius 1 is 0.806 bits per heavy atom. The van der Waals surface area contributed by atoms with Gasteiger partial charge in [0, 0.05) is 27.9 Å². The van der Waals surface area contributed by atoms with Crippen molar-refractivity contribution in [2.24, 2.45) is 0 Å². The lowest BCUT2D eigenvalue weighted by Gasteiger charge is -2.19. The number of amides is 1. The first-order valence-electron chi connectivity index (χ1n) is 9.76. The molecule has 0 radical (unpaired) electrons. The van der Waals surface area contributed by atoms with E-state index < -0.39 is 18.0 Å². The number of hydrogen-bond acceptors (Lipinski definition) is 5. The van der Waals surface area contributed by atoms with Gasteiger partial charge in [0.2, 0.25) is 0 Å². The number of carbonyl (C=O) groups is 4. The van der Waals surface area contributed by atoms with Gasteiger partial charge in [0.15, 0.2) is 17.7 Å². The van der Waals surface area contributed by atoms with Crippen molar-refractivity contribution in [2.75, 3.05) is 5.32 Å². The molecule has 0 heterocycles. The van der Waals surface area contributed by atoms with Crippen LogP contribution in [0.25, 0.3) is 0 Å². The van der Waals surface area contributed by atoms with Crippen LogP contribution in [-0.4, -0.2) is 29.5 Å². The van der Waals surface area contributed by atoms with Crippen LogP contribution < -0.4 is 5.32 Å². The molecule has 0 bridgehead atoms. The Morgan fingerprint density at radius 3 is 2.13 bits per heavy atom. The Bertz CT molecular complexity index is 1240. The summed E-state index contributed by atoms with van der Waals surface area (Å²) >= 11 is 0. The summed E-state index contributed by atoms with van der Waals surface area (Å²) in [4.78, 5) is 50.3. The molecule has 0 spiro atoms. The van der Waals surface area contributed by atoms with Gasteiger partial charge in [0.1, 0.15) is 0 Å². The minimum atomic E-state index is -1.05. The highest BCUT2D eigenvalue weighted by Crippen LogP contribution is 2.29. The third kappa shape index (κ3) is 3.88. The molecule has 0 fully saturated rings. The molecule has 1 N–H and O–H groups in total. The molecule has 3 aromatic rings. The standard InChI is InChI=1S/C25H19NO5/c1-14-6-5-7-16(12-14)25(30)31-15(2)24(29)26-17-10-11-20-21(13-17)23(28)19-9-4-3-8-18(19)22(20)27/h3-13,15H,1-2H3,(H,26,29). The van der Waals surface area contributed by atoms with E-state index in [9.17, 15) is 19.2 Å². The van der Waals surface area contributed by atoms with E-state index in [2.05, 4.69) is 5.32 Å². The number of nitrogens with one attached hydrogen (secondary N) is 1. The fourth-order valence-corrected chi connectivity index (χ4v) is 3.48. The quantitative estimate of drug-likeness (QED) is 0.512. The maximum absolute atomic E-state index is 12.8. The Labute approximate surface area is 178 Å². The van der Waals surface area contributed by atoms with Crippen LogP contribution in [0.2, 0.25) is 0 Å². The molecule has 1 aliphatic rings. The fourth-order valence-electron chi connectivity index (χ4n) is 3.48. The molecule has 4 rings (SSSR count). The Balaban J connectivity index is 1.50. The number of fused-ring (bicyclic) bond motifs is 2. The van der Waals surface area contributed by atoms with Crippen molar-refractivity contribution in [1.29, 1.82) is 0 Å². The second-order valence-corrected chi connectivity index (χ2v) is 7.37. The van der Waals surface area contributed by atoms with Gasteiger partial charge in [-0.25, -0.2) is 4.79 Å². The summed E-state index contributed by atoms with van der Waals surface area (Å²) in [5.41, 5.74) is 2.82. The molecular formula is C25H19NO5. The third-order valence-electron chi connectivity index (χ3n) is 5.10. The number of carbonyl (C=O) groups excluding carboxylic acids is 4. The van der Waals surface area contributed by atoms with Crippen LogP contribution in [-0.2, 0) is 9.53 Å². The normalized spacial score (nSPS) is 13.1. The van der Waals surface area contributed by atoms with Crippen molar-refractivity contribution < 1.29 is 23.9 Å². The van der Waals surface area contributed by atoms with Gasteiger partial charge in [-0.1, -0.05) is 42.0 Å². The fraction of sp³-hybridized carbons (Fsp3) is 0.120. The first kappa shape index (κ1) is 20.2. The van der Waals surface area contributed by atoms with Gasteiger partial charge in [-0.15, -0.1) is 0 Å². The first-order valence-corrected chi connectivity index (χ1v) is 9.76. The van der Waals surface area contributed by atoms with E-state index in [1.165, 1.54) is 19.1 Å². The zero-order valence-electron chi connectivity index (χ0n) is 17.0. The van der Waals surface area contributed by atoms with Crippen LogP contribution in [0.1, 0.15) is 54.7 Å². The zero-order chi connectivity index (χ0) is 22.1. The molecule has 0 aromatic heterocycles. The van der Waals surface area contributed by atoms with Gasteiger partial charge < -0.3 is 10.1 Å². The number of aryl methyl sites for hydroxylation is 1. The average molecular weight is 413 g/mol. The van der Waals surface area contributed by atoms with Crippen molar-refractivity contribution in [3.05, 3.63) is 100 Å². The Hall–Kier alpha value is -4.06. The molecule has 31 heavy (non-hydrogen) atoms. The predicted octanol–water partition coefficient (Wildman–Crippen LogP) is 3.95. The summed E-state index contributed by atoms with van der Waals surface area (Å²) in [5, 5.41) is 2.64. The smallest absolute Gasteiger partial charge is 0.338 e. The number of benzene rings is 3. The molecular weight excluding hydrogens is 394 g/mol. The van der Waals surface area contributed by atoms with E-state index in [1.54, 1.807) is 48.5 Å². The summed E-state index contributed by atoms with van der Waals surface area (Å²) in [6, 6.07) is 18.1. The molecule has 0 saturated carbocycles. The summed E-state index contributed by atoms with van der Waals surface area (Å²) in [5.74, 6) is -1.66. The van der Waals surface area contributed by atoms with Gasteiger partial charge in [-0.2, -0.15) is 0 Å². The minimum Gasteiger partial charge on any atom is -0.449 e. The molecule has 0 saturated heterocycles. The van der Waals surface area contributed by atoms with Gasteiger partial charge in [0.25, 0.3) is 5.91 Å². The highest BCUT2D eigenvalue weighted by molar-refractivity contribution is 6.28. The summed E-state index contributed by atoms with van der Waals surface area (Å²) in [7, 11) is 0. The van der Waals surface area contributed by atoms with Crippen molar-refractivity contribution in [1.82, 2.24) is 0 Å². The molecule has 6 nitrogen and oxygen atoms in total. The maximum atomic E-state index is 12.8. The van der Waals surface area contributed by atoms with Gasteiger partial charge in [0.05, 0.1) is 5.56 Å². The van der Waals surface area contributed by atoms with Gasteiger partial charge >= 0.3 is 5.97 Å². The summed E-state index contributed by atoms with van der Waals surface area (Å²) < 4.78 is 5.25. The summed E-state index contributed by atoms with van der Waals surface area (Å²) in [6.07, 6.45) is -1.05. The van der Waals surface area contributed by atoms with Gasteiger partial charge in [-0.3, -0.25) is 14.4 Å². The number of rotatable bonds is 4. The summed E-state index contributed by atoms with van der Waals surface area (Å²) in [6.45, 7) is 3.32. The van der Waals surface area contributed by atoms with Crippen molar-refractivity contribution in [3.63, 3.8) is 0 Å². The van der Waals surface area contributed by atoms with E-state index in [0.717, 1.165) is 5.56 Å². The van der Waals surface area contributed by atoms with E-state index >= 15 is 0 Å². The lowest BCUT2D eigenvalue weighted by atomic mass is 9.84. The number of anilines is 1. The number of ether oxygens (including phenoxy) is 1. The van der Waals surface area contributed by atoms with Crippen molar-refractivity contribution in [3.8, 4) is 0 Å². The molecule has 154 valence electrons.